The molecular formula is C22H22ClF2N3O4. The predicted octanol–water partition coefficient (Wildman–Crippen LogP) is 4.15. The number of hydrogen-bond acceptors (Lipinski definition) is 5. The highest BCUT2D eigenvalue weighted by Crippen LogP contribution is 2.36. The van der Waals surface area contributed by atoms with E-state index in [1.54, 1.807) is 0 Å². The number of nitrogen functional groups attached to an aromatic ring is 1. The van der Waals surface area contributed by atoms with Gasteiger partial charge in [-0.1, -0.05) is 32.4 Å². The van der Waals surface area contributed by atoms with Crippen molar-refractivity contribution in [2.24, 2.45) is 5.41 Å². The molecule has 0 spiro atoms. The van der Waals surface area contributed by atoms with Crippen molar-refractivity contribution in [3.8, 4) is 5.69 Å². The molecule has 0 radical (unpaired) electrons. The van der Waals surface area contributed by atoms with E-state index in [0.29, 0.717) is 6.54 Å². The van der Waals surface area contributed by atoms with Crippen LogP contribution in [0.5, 0.6) is 0 Å². The fourth-order valence-corrected chi connectivity index (χ4v) is 3.59. The molecule has 0 amide bonds. The first-order chi connectivity index (χ1) is 14.9. The van der Waals surface area contributed by atoms with Crippen LogP contribution in [-0.4, -0.2) is 27.3 Å². The first-order valence-corrected chi connectivity index (χ1v) is 9.97. The maximum absolute atomic E-state index is 14.9. The number of halogens is 3. The predicted molar refractivity (Wildman–Crippen MR) is 120 cm³/mol. The van der Waals surface area contributed by atoms with Crippen LogP contribution in [0, 0.1) is 17.0 Å². The van der Waals surface area contributed by atoms with Gasteiger partial charge in [-0.05, 0) is 23.6 Å². The van der Waals surface area contributed by atoms with Crippen molar-refractivity contribution in [3.63, 3.8) is 0 Å². The molecule has 5 N–H and O–H groups in total. The monoisotopic (exact) mass is 465 g/mol. The van der Waals surface area contributed by atoms with Crippen molar-refractivity contribution in [2.75, 3.05) is 17.6 Å². The molecule has 3 rings (SSSR count). The van der Waals surface area contributed by atoms with Crippen LogP contribution in [0.4, 0.5) is 20.2 Å². The topological polar surface area (TPSA) is 118 Å². The Morgan fingerprint density at radius 1 is 1.22 bits per heavy atom. The number of nitrogens with two attached hydrogens (primary N) is 1. The minimum atomic E-state index is -1.54. The van der Waals surface area contributed by atoms with Gasteiger partial charge in [-0.3, -0.25) is 4.79 Å². The van der Waals surface area contributed by atoms with Crippen LogP contribution in [0.25, 0.3) is 16.6 Å². The summed E-state index contributed by atoms with van der Waals surface area (Å²) in [6.45, 7) is 5.51. The summed E-state index contributed by atoms with van der Waals surface area (Å²) in [5.41, 5.74) is 3.65. The smallest absolute Gasteiger partial charge is 0.341 e. The number of carboxylic acids is 1. The number of anilines is 2. The van der Waals surface area contributed by atoms with Crippen LogP contribution in [0.1, 0.15) is 36.7 Å². The van der Waals surface area contributed by atoms with Gasteiger partial charge in [0, 0.05) is 18.3 Å². The van der Waals surface area contributed by atoms with Crippen molar-refractivity contribution in [2.45, 2.75) is 27.4 Å². The molecule has 32 heavy (non-hydrogen) atoms. The lowest BCUT2D eigenvalue weighted by molar-refractivity contribution is 0.0695. The molecule has 0 aliphatic rings. The normalized spacial score (nSPS) is 11.7. The fraction of sp³-hybridized carbons (Fsp3) is 0.273. The Morgan fingerprint density at radius 3 is 2.44 bits per heavy atom. The van der Waals surface area contributed by atoms with Crippen molar-refractivity contribution < 1.29 is 23.8 Å². The second-order valence-electron chi connectivity index (χ2n) is 8.57. The van der Waals surface area contributed by atoms with Gasteiger partial charge >= 0.3 is 5.97 Å². The van der Waals surface area contributed by atoms with Crippen LogP contribution in [-0.2, 0) is 6.61 Å². The maximum Gasteiger partial charge on any atom is 0.341 e. The molecule has 0 fully saturated rings. The standard InChI is InChI=1S/C22H22ClF2N3O4/c1-22(2,3)9-27-18-14(25)5-11-19(17(18)23)28(7-12(20(11)30)21(31)32)16-6-15(26)13(24)4-10(16)8-29/h4-7,27,29H,8-9,26H2,1-3H3,(H,31,32). The Kier molecular flexibility index (Phi) is 6.17. The Balaban J connectivity index is 2.47. The Morgan fingerprint density at radius 2 is 1.88 bits per heavy atom. The van der Waals surface area contributed by atoms with E-state index in [9.17, 15) is 28.6 Å². The number of aromatic nitrogens is 1. The van der Waals surface area contributed by atoms with Gasteiger partial charge in [0.05, 0.1) is 39.6 Å². The molecule has 1 heterocycles. The van der Waals surface area contributed by atoms with Gasteiger partial charge in [0.15, 0.2) is 0 Å². The minimum Gasteiger partial charge on any atom is -0.477 e. The number of aliphatic hydroxyl groups excluding tert-OH is 1. The molecular weight excluding hydrogens is 444 g/mol. The number of pyridine rings is 1. The van der Waals surface area contributed by atoms with Crippen molar-refractivity contribution in [1.29, 1.82) is 0 Å². The molecule has 170 valence electrons. The van der Waals surface area contributed by atoms with E-state index in [4.69, 9.17) is 17.3 Å². The molecule has 2 aromatic carbocycles. The maximum atomic E-state index is 14.9. The third-order valence-corrected chi connectivity index (χ3v) is 5.20. The van der Waals surface area contributed by atoms with E-state index < -0.39 is 35.2 Å². The van der Waals surface area contributed by atoms with E-state index in [1.165, 1.54) is 10.6 Å². The summed E-state index contributed by atoms with van der Waals surface area (Å²) >= 11 is 6.52. The van der Waals surface area contributed by atoms with Gasteiger partial charge in [0.1, 0.15) is 17.2 Å². The van der Waals surface area contributed by atoms with E-state index in [0.717, 1.165) is 18.3 Å². The average molecular weight is 466 g/mol. The third-order valence-electron chi connectivity index (χ3n) is 4.83. The number of hydrogen-bond donors (Lipinski definition) is 4. The number of nitrogens with zero attached hydrogens (tertiary/aromatic N) is 1. The summed E-state index contributed by atoms with van der Waals surface area (Å²) in [6.07, 6.45) is 0.996. The van der Waals surface area contributed by atoms with Crippen molar-refractivity contribution >= 4 is 39.8 Å². The highest BCUT2D eigenvalue weighted by molar-refractivity contribution is 6.38. The molecule has 0 unspecified atom stereocenters. The van der Waals surface area contributed by atoms with Crippen molar-refractivity contribution in [1.82, 2.24) is 4.57 Å². The van der Waals surface area contributed by atoms with Crippen molar-refractivity contribution in [3.05, 3.63) is 62.4 Å². The van der Waals surface area contributed by atoms with Gasteiger partial charge < -0.3 is 25.8 Å². The Bertz CT molecular complexity index is 1300. The molecule has 10 heteroatoms. The van der Waals surface area contributed by atoms with Crippen LogP contribution in [0.2, 0.25) is 5.02 Å². The molecule has 0 atom stereocenters. The summed E-state index contributed by atoms with van der Waals surface area (Å²) in [7, 11) is 0. The zero-order chi connectivity index (χ0) is 24.0. The summed E-state index contributed by atoms with van der Waals surface area (Å²) in [5, 5.41) is 21.7. The lowest BCUT2D eigenvalue weighted by Crippen LogP contribution is -2.22. The molecule has 0 bridgehead atoms. The molecule has 0 aliphatic heterocycles. The van der Waals surface area contributed by atoms with E-state index in [-0.39, 0.29) is 44.0 Å². The van der Waals surface area contributed by atoms with Crippen LogP contribution in [0.15, 0.2) is 29.2 Å². The third kappa shape index (κ3) is 4.26. The number of aromatic carboxylic acids is 1. The Labute approximate surface area is 187 Å². The first kappa shape index (κ1) is 23.5. The van der Waals surface area contributed by atoms with Crippen LogP contribution in [0.3, 0.4) is 0 Å². The summed E-state index contributed by atoms with van der Waals surface area (Å²) in [6, 6.07) is 3.08. The van der Waals surface area contributed by atoms with Crippen LogP contribution >= 0.6 is 11.6 Å². The molecule has 0 saturated heterocycles. The molecule has 1 aromatic heterocycles. The van der Waals surface area contributed by atoms with E-state index >= 15 is 0 Å². The number of benzene rings is 2. The molecule has 3 aromatic rings. The summed E-state index contributed by atoms with van der Waals surface area (Å²) in [4.78, 5) is 24.5. The van der Waals surface area contributed by atoms with Gasteiger partial charge in [0.25, 0.3) is 0 Å². The van der Waals surface area contributed by atoms with E-state index in [2.05, 4.69) is 5.32 Å². The zero-order valence-electron chi connectivity index (χ0n) is 17.6. The number of aliphatic hydroxyl groups is 1. The van der Waals surface area contributed by atoms with Gasteiger partial charge in [-0.25, -0.2) is 13.6 Å². The zero-order valence-corrected chi connectivity index (χ0v) is 18.3. The average Bonchev–Trinajstić information content (AvgIpc) is 2.69. The highest BCUT2D eigenvalue weighted by atomic mass is 35.5. The minimum absolute atomic E-state index is 0.0137. The molecule has 7 nitrogen and oxygen atoms in total. The molecule has 0 aliphatic carbocycles. The van der Waals surface area contributed by atoms with Gasteiger partial charge in [-0.15, -0.1) is 0 Å². The van der Waals surface area contributed by atoms with Crippen LogP contribution < -0.4 is 16.5 Å². The number of fused-ring (bicyclic) bond motifs is 1. The lowest BCUT2D eigenvalue weighted by atomic mass is 9.97. The number of rotatable bonds is 5. The fourth-order valence-electron chi connectivity index (χ4n) is 3.24. The highest BCUT2D eigenvalue weighted by Gasteiger charge is 2.24. The SMILES string of the molecule is CC(C)(C)CNc1c(F)cc2c(=O)c(C(=O)O)cn(-c3cc(N)c(F)cc3CO)c2c1Cl. The second kappa shape index (κ2) is 8.40. The number of nitrogens with one attached hydrogen (secondary N) is 1. The summed E-state index contributed by atoms with van der Waals surface area (Å²) in [5.74, 6) is -3.16. The molecule has 0 saturated carbocycles. The number of carboxylic acid groups (broad SMARTS) is 1. The lowest BCUT2D eigenvalue weighted by Gasteiger charge is -2.22. The quantitative estimate of drug-likeness (QED) is 0.420. The van der Waals surface area contributed by atoms with Gasteiger partial charge in [-0.2, -0.15) is 0 Å². The Hall–Kier alpha value is -3.17. The summed E-state index contributed by atoms with van der Waals surface area (Å²) < 4.78 is 30.1. The first-order valence-electron chi connectivity index (χ1n) is 9.59. The largest absolute Gasteiger partial charge is 0.477 e. The second-order valence-corrected chi connectivity index (χ2v) is 8.94. The van der Waals surface area contributed by atoms with Gasteiger partial charge in [0.2, 0.25) is 5.43 Å². The number of carbonyl (C=O) groups is 1. The van der Waals surface area contributed by atoms with E-state index in [1.807, 2.05) is 20.8 Å².